The average molecular weight is 303 g/mol. The van der Waals surface area contributed by atoms with Gasteiger partial charge in [0.05, 0.1) is 5.92 Å². The van der Waals surface area contributed by atoms with Crippen molar-refractivity contribution >= 4 is 11.8 Å². The van der Waals surface area contributed by atoms with Crippen molar-refractivity contribution in [3.05, 3.63) is 35.9 Å². The molecule has 1 saturated heterocycles. The van der Waals surface area contributed by atoms with Crippen LogP contribution >= 0.6 is 0 Å². The highest BCUT2D eigenvalue weighted by molar-refractivity contribution is 5.79. The second-order valence-corrected chi connectivity index (χ2v) is 6.16. The summed E-state index contributed by atoms with van der Waals surface area (Å²) in [7, 11) is 0. The Hall–Kier alpha value is -1.88. The molecule has 0 spiro atoms. The van der Waals surface area contributed by atoms with Gasteiger partial charge in [-0.3, -0.25) is 9.59 Å². The minimum Gasteiger partial charge on any atom is -0.370 e. The van der Waals surface area contributed by atoms with Gasteiger partial charge in [0.2, 0.25) is 11.8 Å². The lowest BCUT2D eigenvalue weighted by Gasteiger charge is -2.34. The fourth-order valence-electron chi connectivity index (χ4n) is 3.05. The molecular weight excluding hydrogens is 278 g/mol. The number of primary amides is 1. The number of carbonyl (C=O) groups excluding carboxylic acids is 2. The van der Waals surface area contributed by atoms with Crippen LogP contribution in [0.3, 0.4) is 0 Å². The van der Waals surface area contributed by atoms with Gasteiger partial charge >= 0.3 is 0 Å². The number of piperidine rings is 1. The van der Waals surface area contributed by atoms with Crippen molar-refractivity contribution in [2.24, 2.45) is 23.3 Å². The van der Waals surface area contributed by atoms with E-state index in [1.807, 2.05) is 42.2 Å². The van der Waals surface area contributed by atoms with Crippen molar-refractivity contribution in [1.82, 2.24) is 4.90 Å². The summed E-state index contributed by atoms with van der Waals surface area (Å²) >= 11 is 0. The third-order valence-electron chi connectivity index (χ3n) is 4.53. The van der Waals surface area contributed by atoms with Crippen LogP contribution in [0, 0.1) is 11.8 Å². The molecule has 1 aromatic rings. The van der Waals surface area contributed by atoms with E-state index in [1.54, 1.807) is 0 Å². The van der Waals surface area contributed by atoms with Gasteiger partial charge in [-0.2, -0.15) is 0 Å². The van der Waals surface area contributed by atoms with E-state index < -0.39 is 0 Å². The zero-order valence-corrected chi connectivity index (χ0v) is 13.1. The van der Waals surface area contributed by atoms with E-state index in [4.69, 9.17) is 11.5 Å². The molecule has 1 fully saturated rings. The van der Waals surface area contributed by atoms with Crippen molar-refractivity contribution in [2.75, 3.05) is 13.1 Å². The summed E-state index contributed by atoms with van der Waals surface area (Å²) in [4.78, 5) is 25.4. The summed E-state index contributed by atoms with van der Waals surface area (Å²) in [5, 5.41) is 0. The molecule has 1 aliphatic rings. The fourth-order valence-corrected chi connectivity index (χ4v) is 3.05. The van der Waals surface area contributed by atoms with Gasteiger partial charge < -0.3 is 16.4 Å². The quantitative estimate of drug-likeness (QED) is 0.862. The molecule has 2 rings (SSSR count). The summed E-state index contributed by atoms with van der Waals surface area (Å²) in [6, 6.07) is 9.41. The van der Waals surface area contributed by atoms with Crippen LogP contribution in [0.15, 0.2) is 30.3 Å². The summed E-state index contributed by atoms with van der Waals surface area (Å²) in [5.74, 6) is -0.118. The number of nitrogens with two attached hydrogens (primary N) is 2. The zero-order chi connectivity index (χ0) is 16.1. The number of amides is 2. The van der Waals surface area contributed by atoms with Crippen LogP contribution < -0.4 is 11.5 Å². The number of carbonyl (C=O) groups is 2. The van der Waals surface area contributed by atoms with Crippen LogP contribution in [0.5, 0.6) is 0 Å². The van der Waals surface area contributed by atoms with Crippen molar-refractivity contribution in [3.63, 3.8) is 0 Å². The van der Waals surface area contributed by atoms with Crippen molar-refractivity contribution in [2.45, 2.75) is 32.2 Å². The summed E-state index contributed by atoms with van der Waals surface area (Å²) < 4.78 is 0. The Morgan fingerprint density at radius 2 is 1.82 bits per heavy atom. The maximum atomic E-state index is 12.6. The largest absolute Gasteiger partial charge is 0.370 e. The monoisotopic (exact) mass is 303 g/mol. The average Bonchev–Trinajstić information content (AvgIpc) is 2.54. The van der Waals surface area contributed by atoms with Gasteiger partial charge in [0.1, 0.15) is 0 Å². The highest BCUT2D eigenvalue weighted by Gasteiger charge is 2.29. The number of nitrogens with zero attached hydrogens (tertiary/aromatic N) is 1. The smallest absolute Gasteiger partial charge is 0.227 e. The van der Waals surface area contributed by atoms with Gasteiger partial charge in [0, 0.05) is 25.6 Å². The summed E-state index contributed by atoms with van der Waals surface area (Å²) in [6.45, 7) is 3.25. The van der Waals surface area contributed by atoms with Crippen LogP contribution in [-0.4, -0.2) is 29.8 Å². The third-order valence-corrected chi connectivity index (χ3v) is 4.53. The van der Waals surface area contributed by atoms with Crippen LogP contribution in [0.4, 0.5) is 0 Å². The van der Waals surface area contributed by atoms with Crippen molar-refractivity contribution in [1.29, 1.82) is 0 Å². The molecule has 0 radical (unpaired) electrons. The fraction of sp³-hybridized carbons (Fsp3) is 0.529. The molecule has 0 bridgehead atoms. The van der Waals surface area contributed by atoms with Gasteiger partial charge in [-0.15, -0.1) is 0 Å². The lowest BCUT2D eigenvalue weighted by molar-refractivity contribution is -0.137. The Labute approximate surface area is 131 Å². The molecule has 2 unspecified atom stereocenters. The van der Waals surface area contributed by atoms with E-state index >= 15 is 0 Å². The lowest BCUT2D eigenvalue weighted by atomic mass is 9.90. The molecule has 5 heteroatoms. The Bertz CT molecular complexity index is 510. The summed E-state index contributed by atoms with van der Waals surface area (Å²) in [5.41, 5.74) is 12.4. The molecule has 120 valence electrons. The first-order chi connectivity index (χ1) is 10.5. The van der Waals surface area contributed by atoms with E-state index in [2.05, 4.69) is 0 Å². The number of rotatable bonds is 5. The molecule has 1 heterocycles. The Morgan fingerprint density at radius 3 is 2.36 bits per heavy atom. The van der Waals surface area contributed by atoms with Crippen LogP contribution in [0.25, 0.3) is 0 Å². The molecule has 0 aliphatic carbocycles. The van der Waals surface area contributed by atoms with Crippen LogP contribution in [-0.2, 0) is 9.59 Å². The molecular formula is C17H25N3O2. The second-order valence-electron chi connectivity index (χ2n) is 6.16. The molecule has 5 nitrogen and oxygen atoms in total. The minimum atomic E-state index is -0.294. The maximum absolute atomic E-state index is 12.6. The van der Waals surface area contributed by atoms with Gasteiger partial charge in [0.25, 0.3) is 0 Å². The summed E-state index contributed by atoms with van der Waals surface area (Å²) in [6.07, 6.45) is 2.09. The predicted molar refractivity (Wildman–Crippen MR) is 85.6 cm³/mol. The van der Waals surface area contributed by atoms with Crippen molar-refractivity contribution in [3.8, 4) is 0 Å². The maximum Gasteiger partial charge on any atom is 0.227 e. The number of hydrogen-bond donors (Lipinski definition) is 2. The van der Waals surface area contributed by atoms with E-state index in [-0.39, 0.29) is 23.8 Å². The second kappa shape index (κ2) is 7.40. The van der Waals surface area contributed by atoms with Crippen LogP contribution in [0.1, 0.15) is 37.8 Å². The Morgan fingerprint density at radius 1 is 1.23 bits per heavy atom. The molecule has 1 aromatic carbocycles. The topological polar surface area (TPSA) is 89.4 Å². The Kier molecular flexibility index (Phi) is 5.55. The molecule has 2 amide bonds. The zero-order valence-electron chi connectivity index (χ0n) is 13.1. The number of likely N-dealkylation sites (tertiary alicyclic amines) is 1. The number of benzene rings is 1. The first kappa shape index (κ1) is 16.5. The lowest BCUT2D eigenvalue weighted by Crippen LogP contribution is -2.44. The predicted octanol–water partition coefficient (Wildman–Crippen LogP) is 1.44. The Balaban J connectivity index is 1.90. The van der Waals surface area contributed by atoms with Gasteiger partial charge in [0.15, 0.2) is 0 Å². The van der Waals surface area contributed by atoms with E-state index in [1.165, 1.54) is 0 Å². The molecule has 0 saturated carbocycles. The highest BCUT2D eigenvalue weighted by Crippen LogP contribution is 2.25. The normalized spacial score (nSPS) is 18.7. The van der Waals surface area contributed by atoms with E-state index in [0.29, 0.717) is 25.4 Å². The van der Waals surface area contributed by atoms with Gasteiger partial charge in [-0.25, -0.2) is 0 Å². The van der Waals surface area contributed by atoms with Gasteiger partial charge in [-0.1, -0.05) is 37.3 Å². The van der Waals surface area contributed by atoms with Crippen LogP contribution in [0.2, 0.25) is 0 Å². The van der Waals surface area contributed by atoms with Crippen molar-refractivity contribution < 1.29 is 9.59 Å². The first-order valence-electron chi connectivity index (χ1n) is 7.86. The first-order valence-corrected chi connectivity index (χ1v) is 7.86. The van der Waals surface area contributed by atoms with E-state index in [9.17, 15) is 9.59 Å². The highest BCUT2D eigenvalue weighted by atomic mass is 16.2. The molecule has 22 heavy (non-hydrogen) atoms. The molecule has 2 atom stereocenters. The minimum absolute atomic E-state index is 0.0916. The molecule has 4 N–H and O–H groups in total. The third kappa shape index (κ3) is 4.07. The SMILES string of the molecule is CC(C(=O)N1CCC(CC(N)=O)CC1)C(N)c1ccccc1. The number of hydrogen-bond acceptors (Lipinski definition) is 3. The van der Waals surface area contributed by atoms with E-state index in [0.717, 1.165) is 18.4 Å². The molecule has 1 aliphatic heterocycles. The molecule has 0 aromatic heterocycles. The van der Waals surface area contributed by atoms with Gasteiger partial charge in [-0.05, 0) is 24.3 Å². The standard InChI is InChI=1S/C17H25N3O2/c1-12(16(19)14-5-3-2-4-6-14)17(22)20-9-7-13(8-10-20)11-15(18)21/h2-6,12-13,16H,7-11,19H2,1H3,(H2,18,21).